The molecule has 120 valence electrons. The third kappa shape index (κ3) is 3.21. The quantitative estimate of drug-likeness (QED) is 0.835. The molecule has 0 aromatic heterocycles. The maximum atomic E-state index is 12.4. The topological polar surface area (TPSA) is 76.1 Å². The van der Waals surface area contributed by atoms with Crippen LogP contribution in [0.5, 0.6) is 0 Å². The minimum absolute atomic E-state index is 0.0735. The van der Waals surface area contributed by atoms with E-state index < -0.39 is 17.2 Å². The van der Waals surface area contributed by atoms with Gasteiger partial charge in [0.1, 0.15) is 0 Å². The maximum Gasteiger partial charge on any atom is 0.310 e. The lowest BCUT2D eigenvalue weighted by Crippen LogP contribution is -2.48. The molecule has 1 N–H and O–H groups in total. The number of hydrogen-bond donors (Lipinski definition) is 1. The van der Waals surface area contributed by atoms with Crippen LogP contribution >= 0.6 is 0 Å². The summed E-state index contributed by atoms with van der Waals surface area (Å²) in [7, 11) is 0. The molecule has 2 saturated heterocycles. The van der Waals surface area contributed by atoms with Crippen LogP contribution in [0.2, 0.25) is 0 Å². The molecule has 6 heteroatoms. The van der Waals surface area contributed by atoms with Crippen LogP contribution in [0.25, 0.3) is 0 Å². The average Bonchev–Trinajstić information content (AvgIpc) is 2.93. The Labute approximate surface area is 125 Å². The van der Waals surface area contributed by atoms with Gasteiger partial charge < -0.3 is 19.5 Å². The van der Waals surface area contributed by atoms with Crippen molar-refractivity contribution in [3.8, 4) is 0 Å². The van der Waals surface area contributed by atoms with Gasteiger partial charge in [-0.3, -0.25) is 9.59 Å². The fourth-order valence-corrected chi connectivity index (χ4v) is 3.16. The van der Waals surface area contributed by atoms with Gasteiger partial charge in [0.05, 0.1) is 18.6 Å². The molecular weight excluding hydrogens is 274 g/mol. The number of rotatable bonds is 5. The molecule has 1 amide bonds. The number of carbonyl (C=O) groups excluding carboxylic acids is 1. The summed E-state index contributed by atoms with van der Waals surface area (Å²) in [5.41, 5.74) is -0.938. The van der Waals surface area contributed by atoms with Crippen molar-refractivity contribution in [1.29, 1.82) is 0 Å². The first-order valence-electron chi connectivity index (χ1n) is 7.76. The van der Waals surface area contributed by atoms with E-state index in [-0.39, 0.29) is 12.3 Å². The summed E-state index contributed by atoms with van der Waals surface area (Å²) in [6.45, 7) is 6.03. The molecule has 2 rings (SSSR count). The molecule has 0 aromatic carbocycles. The molecule has 0 saturated carbocycles. The van der Waals surface area contributed by atoms with E-state index in [2.05, 4.69) is 0 Å². The van der Waals surface area contributed by atoms with Crippen molar-refractivity contribution in [1.82, 2.24) is 4.90 Å². The van der Waals surface area contributed by atoms with Gasteiger partial charge in [0, 0.05) is 32.4 Å². The second kappa shape index (κ2) is 6.32. The van der Waals surface area contributed by atoms with Crippen molar-refractivity contribution in [2.75, 3.05) is 26.3 Å². The number of carboxylic acids is 1. The highest BCUT2D eigenvalue weighted by Crippen LogP contribution is 2.34. The van der Waals surface area contributed by atoms with Crippen LogP contribution in [-0.4, -0.2) is 54.0 Å². The first-order chi connectivity index (χ1) is 9.97. The van der Waals surface area contributed by atoms with Crippen molar-refractivity contribution in [2.45, 2.75) is 51.7 Å². The van der Waals surface area contributed by atoms with Crippen LogP contribution in [0.1, 0.15) is 46.0 Å². The van der Waals surface area contributed by atoms with Crippen molar-refractivity contribution >= 4 is 11.9 Å². The molecule has 2 heterocycles. The molecule has 0 atom stereocenters. The van der Waals surface area contributed by atoms with E-state index in [0.29, 0.717) is 52.0 Å². The Morgan fingerprint density at radius 1 is 1.14 bits per heavy atom. The first-order valence-corrected chi connectivity index (χ1v) is 7.76. The minimum atomic E-state index is -0.938. The van der Waals surface area contributed by atoms with Crippen LogP contribution in [0, 0.1) is 5.41 Å². The third-order valence-electron chi connectivity index (χ3n) is 4.99. The van der Waals surface area contributed by atoms with Gasteiger partial charge in [-0.25, -0.2) is 0 Å². The molecule has 0 aromatic rings. The van der Waals surface area contributed by atoms with E-state index in [4.69, 9.17) is 9.47 Å². The van der Waals surface area contributed by atoms with Gasteiger partial charge in [0.25, 0.3) is 0 Å². The fourth-order valence-electron chi connectivity index (χ4n) is 3.16. The van der Waals surface area contributed by atoms with Gasteiger partial charge in [-0.05, 0) is 12.8 Å². The number of ether oxygens (including phenoxy) is 2. The summed E-state index contributed by atoms with van der Waals surface area (Å²) in [4.78, 5) is 25.7. The molecule has 2 fully saturated rings. The lowest BCUT2D eigenvalue weighted by Gasteiger charge is -2.38. The summed E-state index contributed by atoms with van der Waals surface area (Å²) >= 11 is 0. The zero-order valence-corrected chi connectivity index (χ0v) is 12.9. The van der Waals surface area contributed by atoms with Gasteiger partial charge >= 0.3 is 5.97 Å². The molecular formula is C15H25NO5. The Morgan fingerprint density at radius 3 is 2.10 bits per heavy atom. The van der Waals surface area contributed by atoms with Gasteiger partial charge in [0.2, 0.25) is 5.91 Å². The van der Waals surface area contributed by atoms with Crippen LogP contribution in [0.3, 0.4) is 0 Å². The van der Waals surface area contributed by atoms with Crippen LogP contribution in [0.4, 0.5) is 0 Å². The Hall–Kier alpha value is -1.14. The van der Waals surface area contributed by atoms with E-state index in [1.165, 1.54) is 0 Å². The second-order valence-electron chi connectivity index (χ2n) is 5.96. The molecule has 21 heavy (non-hydrogen) atoms. The largest absolute Gasteiger partial charge is 0.481 e. The highest BCUT2D eigenvalue weighted by molar-refractivity contribution is 5.85. The minimum Gasteiger partial charge on any atom is -0.481 e. The molecule has 0 radical (unpaired) electrons. The second-order valence-corrected chi connectivity index (χ2v) is 5.96. The molecule has 6 nitrogen and oxygen atoms in total. The molecule has 0 unspecified atom stereocenters. The maximum absolute atomic E-state index is 12.4. The predicted octanol–water partition coefficient (Wildman–Crippen LogP) is 1.63. The number of amides is 1. The summed E-state index contributed by atoms with van der Waals surface area (Å²) in [5.74, 6) is -1.46. The zero-order chi connectivity index (χ0) is 15.5. The van der Waals surface area contributed by atoms with Crippen LogP contribution in [0.15, 0.2) is 0 Å². The number of piperidine rings is 1. The van der Waals surface area contributed by atoms with E-state index in [9.17, 15) is 14.7 Å². The Morgan fingerprint density at radius 2 is 1.67 bits per heavy atom. The molecule has 1 spiro atoms. The standard InChI is InChI=1S/C15H25NO5/c1-3-14(4-2,13(18)19)11-12(17)16-7-5-15(6-8-16)20-9-10-21-15/h3-11H2,1-2H3,(H,18,19). The van der Waals surface area contributed by atoms with Crippen molar-refractivity contribution in [2.24, 2.45) is 5.41 Å². The van der Waals surface area contributed by atoms with E-state index in [0.717, 1.165) is 0 Å². The van der Waals surface area contributed by atoms with Crippen molar-refractivity contribution in [3.63, 3.8) is 0 Å². The van der Waals surface area contributed by atoms with E-state index in [1.54, 1.807) is 4.90 Å². The normalized spacial score (nSPS) is 21.7. The molecule has 2 aliphatic rings. The van der Waals surface area contributed by atoms with Gasteiger partial charge in [-0.15, -0.1) is 0 Å². The lowest BCUT2D eigenvalue weighted by molar-refractivity contribution is -0.188. The lowest BCUT2D eigenvalue weighted by atomic mass is 9.78. The smallest absolute Gasteiger partial charge is 0.310 e. The monoisotopic (exact) mass is 299 g/mol. The fraction of sp³-hybridized carbons (Fsp3) is 0.867. The number of nitrogens with zero attached hydrogens (tertiary/aromatic N) is 1. The molecule has 2 aliphatic heterocycles. The number of aliphatic carboxylic acids is 1. The zero-order valence-electron chi connectivity index (χ0n) is 12.9. The first kappa shape index (κ1) is 16.2. The highest BCUT2D eigenvalue weighted by atomic mass is 16.7. The van der Waals surface area contributed by atoms with Gasteiger partial charge in [-0.2, -0.15) is 0 Å². The molecule has 0 aliphatic carbocycles. The van der Waals surface area contributed by atoms with E-state index in [1.807, 2.05) is 13.8 Å². The Balaban J connectivity index is 1.94. The van der Waals surface area contributed by atoms with Crippen LogP contribution < -0.4 is 0 Å². The number of likely N-dealkylation sites (tertiary alicyclic amines) is 1. The molecule has 0 bridgehead atoms. The Bertz CT molecular complexity index is 389. The number of hydrogen-bond acceptors (Lipinski definition) is 4. The summed E-state index contributed by atoms with van der Waals surface area (Å²) in [6.07, 6.45) is 2.33. The van der Waals surface area contributed by atoms with Gasteiger partial charge in [-0.1, -0.05) is 13.8 Å². The SMILES string of the molecule is CCC(CC)(CC(=O)N1CCC2(CC1)OCCO2)C(=O)O. The van der Waals surface area contributed by atoms with Crippen molar-refractivity contribution in [3.05, 3.63) is 0 Å². The number of carboxylic acid groups (broad SMARTS) is 1. The summed E-state index contributed by atoms with van der Waals surface area (Å²) < 4.78 is 11.3. The Kier molecular flexibility index (Phi) is 4.88. The summed E-state index contributed by atoms with van der Waals surface area (Å²) in [5, 5.41) is 9.43. The van der Waals surface area contributed by atoms with E-state index >= 15 is 0 Å². The average molecular weight is 299 g/mol. The van der Waals surface area contributed by atoms with Crippen LogP contribution in [-0.2, 0) is 19.1 Å². The highest BCUT2D eigenvalue weighted by Gasteiger charge is 2.43. The number of carbonyl (C=O) groups is 2. The summed E-state index contributed by atoms with van der Waals surface area (Å²) in [6, 6.07) is 0. The predicted molar refractivity (Wildman–Crippen MR) is 75.7 cm³/mol. The van der Waals surface area contributed by atoms with Gasteiger partial charge in [0.15, 0.2) is 5.79 Å². The third-order valence-corrected chi connectivity index (χ3v) is 4.99. The van der Waals surface area contributed by atoms with Crippen molar-refractivity contribution < 1.29 is 24.2 Å².